The number of Topliss-reactive ketones (excluding diaryl/α,β-unsaturated/α-hetero) is 1. The Morgan fingerprint density at radius 2 is 1.94 bits per heavy atom. The van der Waals surface area contributed by atoms with Crippen LogP contribution in [0.25, 0.3) is 0 Å². The molecule has 0 aliphatic heterocycles. The van der Waals surface area contributed by atoms with Crippen LogP contribution in [0.3, 0.4) is 0 Å². The van der Waals surface area contributed by atoms with E-state index in [1.54, 1.807) is 0 Å². The van der Waals surface area contributed by atoms with Gasteiger partial charge in [-0.2, -0.15) is 0 Å². The molecule has 0 bridgehead atoms. The van der Waals surface area contributed by atoms with Crippen molar-refractivity contribution in [3.05, 3.63) is 24.3 Å². The molecule has 0 spiro atoms. The third-order valence-corrected chi connectivity index (χ3v) is 6.06. The van der Waals surface area contributed by atoms with E-state index in [0.29, 0.717) is 32.3 Å². The van der Waals surface area contributed by atoms with Crippen molar-refractivity contribution in [1.29, 1.82) is 0 Å². The highest BCUT2D eigenvalue weighted by molar-refractivity contribution is 5.83. The molecule has 1 aliphatic carbocycles. The van der Waals surface area contributed by atoms with Gasteiger partial charge in [0, 0.05) is 25.4 Å². The molecule has 0 amide bonds. The number of aliphatic hydroxyl groups excluding tert-OH is 2. The molecule has 1 saturated carbocycles. The van der Waals surface area contributed by atoms with Gasteiger partial charge in [0.15, 0.2) is 0 Å². The first kappa shape index (κ1) is 28.5. The molecular weight excluding hydrogens is 411 g/mol. The lowest BCUT2D eigenvalue weighted by Gasteiger charge is -2.16. The average Bonchev–Trinajstić information content (AvgIpc) is 3.14. The highest BCUT2D eigenvalue weighted by Gasteiger charge is 2.32. The van der Waals surface area contributed by atoms with Gasteiger partial charge in [-0.25, -0.2) is 4.39 Å². The molecule has 1 aliphatic rings. The fourth-order valence-electron chi connectivity index (χ4n) is 4.02. The van der Waals surface area contributed by atoms with Gasteiger partial charge in [0.25, 0.3) is 0 Å². The first-order chi connectivity index (χ1) is 15.5. The number of carbonyl (C=O) groups excluding carboxylic acids is 2. The van der Waals surface area contributed by atoms with E-state index in [-0.39, 0.29) is 30.2 Å². The average molecular weight is 455 g/mol. The number of halogens is 1. The molecule has 2 unspecified atom stereocenters. The Kier molecular flexibility index (Phi) is 16.0. The second kappa shape index (κ2) is 18.0. The highest BCUT2D eigenvalue weighted by atomic mass is 19.1. The minimum atomic E-state index is -1.25. The fourth-order valence-corrected chi connectivity index (χ4v) is 4.02. The van der Waals surface area contributed by atoms with E-state index in [4.69, 9.17) is 9.84 Å². The van der Waals surface area contributed by atoms with Gasteiger partial charge in [-0.05, 0) is 57.3 Å². The van der Waals surface area contributed by atoms with Crippen LogP contribution in [0.2, 0.25) is 0 Å². The van der Waals surface area contributed by atoms with Crippen molar-refractivity contribution in [3.8, 4) is 0 Å². The SMILES string of the molecule is CCCCC(F)C(O)C=C[C@H]1CCC(=O)[C@@H]1CC/C=C/CCC(=O)OCCCCCCO. The second-order valence-corrected chi connectivity index (χ2v) is 8.75. The first-order valence-corrected chi connectivity index (χ1v) is 12.4. The minimum Gasteiger partial charge on any atom is -0.466 e. The number of ether oxygens (including phenoxy) is 1. The van der Waals surface area contributed by atoms with Crippen molar-refractivity contribution >= 4 is 11.8 Å². The van der Waals surface area contributed by atoms with Crippen LogP contribution in [0.4, 0.5) is 4.39 Å². The summed E-state index contributed by atoms with van der Waals surface area (Å²) in [5, 5.41) is 18.7. The number of esters is 1. The zero-order valence-electron chi connectivity index (χ0n) is 19.7. The molecular formula is C26H43FO5. The molecule has 2 N–H and O–H groups in total. The van der Waals surface area contributed by atoms with E-state index < -0.39 is 12.3 Å². The van der Waals surface area contributed by atoms with Crippen LogP contribution < -0.4 is 0 Å². The summed E-state index contributed by atoms with van der Waals surface area (Å²) in [6, 6.07) is 0. The summed E-state index contributed by atoms with van der Waals surface area (Å²) in [5.41, 5.74) is 0. The number of rotatable bonds is 18. The number of unbranched alkanes of at least 4 members (excludes halogenated alkanes) is 4. The maximum Gasteiger partial charge on any atom is 0.306 e. The number of allylic oxidation sites excluding steroid dienone is 3. The predicted molar refractivity (Wildman–Crippen MR) is 125 cm³/mol. The summed E-state index contributed by atoms with van der Waals surface area (Å²) in [7, 11) is 0. The Morgan fingerprint density at radius 1 is 1.19 bits per heavy atom. The van der Waals surface area contributed by atoms with Crippen molar-refractivity contribution < 1.29 is 28.9 Å². The van der Waals surface area contributed by atoms with Gasteiger partial charge in [0.05, 0.1) is 6.61 Å². The lowest BCUT2D eigenvalue weighted by atomic mass is 9.90. The van der Waals surface area contributed by atoms with Crippen molar-refractivity contribution in [2.75, 3.05) is 13.2 Å². The van der Waals surface area contributed by atoms with Gasteiger partial charge in [0.2, 0.25) is 0 Å². The van der Waals surface area contributed by atoms with Crippen LogP contribution in [0.5, 0.6) is 0 Å². The molecule has 0 heterocycles. The summed E-state index contributed by atoms with van der Waals surface area (Å²) in [5.74, 6) is 0.0356. The number of alkyl halides is 1. The third kappa shape index (κ3) is 12.5. The molecule has 0 radical (unpaired) electrons. The summed E-state index contributed by atoms with van der Waals surface area (Å²) in [6.07, 6.45) is 14.3. The minimum absolute atomic E-state index is 0.0660. The Bertz CT molecular complexity index is 575. The fraction of sp³-hybridized carbons (Fsp3) is 0.769. The largest absolute Gasteiger partial charge is 0.466 e. The maximum atomic E-state index is 13.9. The first-order valence-electron chi connectivity index (χ1n) is 12.4. The monoisotopic (exact) mass is 454 g/mol. The zero-order valence-corrected chi connectivity index (χ0v) is 19.7. The Balaban J connectivity index is 2.24. The molecule has 6 heteroatoms. The van der Waals surface area contributed by atoms with Crippen LogP contribution in [0.1, 0.15) is 90.4 Å². The van der Waals surface area contributed by atoms with E-state index in [0.717, 1.165) is 57.8 Å². The van der Waals surface area contributed by atoms with E-state index in [1.165, 1.54) is 6.08 Å². The van der Waals surface area contributed by atoms with Crippen LogP contribution in [-0.4, -0.2) is 47.5 Å². The normalized spacial score (nSPS) is 20.9. The number of ketones is 1. The Labute approximate surface area is 193 Å². The van der Waals surface area contributed by atoms with E-state index in [1.807, 2.05) is 25.2 Å². The van der Waals surface area contributed by atoms with Crippen molar-refractivity contribution in [2.45, 2.75) is 103 Å². The smallest absolute Gasteiger partial charge is 0.306 e. The molecule has 1 fully saturated rings. The van der Waals surface area contributed by atoms with E-state index in [9.17, 15) is 19.1 Å². The summed E-state index contributed by atoms with van der Waals surface area (Å²) in [4.78, 5) is 23.9. The topological polar surface area (TPSA) is 83.8 Å². The Hall–Kier alpha value is -1.53. The molecule has 184 valence electrons. The molecule has 0 saturated heterocycles. The summed E-state index contributed by atoms with van der Waals surface area (Å²) in [6.45, 7) is 2.64. The number of carbonyl (C=O) groups is 2. The van der Waals surface area contributed by atoms with Crippen LogP contribution in [-0.2, 0) is 14.3 Å². The van der Waals surface area contributed by atoms with Gasteiger partial charge in [-0.3, -0.25) is 9.59 Å². The third-order valence-electron chi connectivity index (χ3n) is 6.06. The van der Waals surface area contributed by atoms with E-state index in [2.05, 4.69) is 0 Å². The molecule has 32 heavy (non-hydrogen) atoms. The van der Waals surface area contributed by atoms with Crippen LogP contribution in [0.15, 0.2) is 24.3 Å². The molecule has 1 rings (SSSR count). The van der Waals surface area contributed by atoms with E-state index >= 15 is 0 Å². The molecule has 4 atom stereocenters. The maximum absolute atomic E-state index is 13.9. The van der Waals surface area contributed by atoms with Crippen molar-refractivity contribution in [1.82, 2.24) is 0 Å². The molecule has 0 aromatic heterocycles. The quantitative estimate of drug-likeness (QED) is 0.168. The highest BCUT2D eigenvalue weighted by Crippen LogP contribution is 2.33. The van der Waals surface area contributed by atoms with Gasteiger partial charge in [-0.1, -0.05) is 50.5 Å². The summed E-state index contributed by atoms with van der Waals surface area (Å²) >= 11 is 0. The predicted octanol–water partition coefficient (Wildman–Crippen LogP) is 5.24. The molecule has 0 aromatic carbocycles. The van der Waals surface area contributed by atoms with Gasteiger partial charge < -0.3 is 14.9 Å². The molecule has 5 nitrogen and oxygen atoms in total. The van der Waals surface area contributed by atoms with Crippen LogP contribution >= 0.6 is 0 Å². The number of hydrogen-bond acceptors (Lipinski definition) is 5. The zero-order chi connectivity index (χ0) is 23.6. The lowest BCUT2D eigenvalue weighted by Crippen LogP contribution is -2.20. The summed E-state index contributed by atoms with van der Waals surface area (Å²) < 4.78 is 19.1. The van der Waals surface area contributed by atoms with Gasteiger partial charge in [0.1, 0.15) is 18.1 Å². The standard InChI is InChI=1S/C26H43FO5/c1-2-3-13-23(27)25(30)18-16-21-15-17-24(29)22(21)12-8-4-5-9-14-26(31)32-20-11-7-6-10-19-28/h4-5,16,18,21-23,25,28,30H,2-3,6-15,17,19-20H2,1H3/b5-4+,18-16?/t21-,22-,23?,25?/m1/s1. The van der Waals surface area contributed by atoms with Crippen molar-refractivity contribution in [2.24, 2.45) is 11.8 Å². The van der Waals surface area contributed by atoms with Gasteiger partial charge in [-0.15, -0.1) is 0 Å². The number of aliphatic hydroxyl groups is 2. The number of hydrogen-bond donors (Lipinski definition) is 2. The Morgan fingerprint density at radius 3 is 2.69 bits per heavy atom. The lowest BCUT2D eigenvalue weighted by molar-refractivity contribution is -0.143. The second-order valence-electron chi connectivity index (χ2n) is 8.75. The molecule has 0 aromatic rings. The van der Waals surface area contributed by atoms with Crippen molar-refractivity contribution in [3.63, 3.8) is 0 Å². The van der Waals surface area contributed by atoms with Gasteiger partial charge >= 0.3 is 5.97 Å². The van der Waals surface area contributed by atoms with Crippen LogP contribution in [0, 0.1) is 11.8 Å².